The van der Waals surface area contributed by atoms with E-state index in [0.29, 0.717) is 0 Å². The van der Waals surface area contributed by atoms with Gasteiger partial charge >= 0.3 is 0 Å². The predicted molar refractivity (Wildman–Crippen MR) is 278 cm³/mol. The molecule has 0 unspecified atom stereocenters. The van der Waals surface area contributed by atoms with Crippen molar-refractivity contribution in [1.82, 2.24) is 0 Å². The number of hydrogen-bond acceptors (Lipinski definition) is 2. The van der Waals surface area contributed by atoms with Crippen LogP contribution in [0.4, 0.5) is 11.4 Å². The first kappa shape index (κ1) is 54.9. The van der Waals surface area contributed by atoms with Gasteiger partial charge < -0.3 is 0 Å². The van der Waals surface area contributed by atoms with Crippen LogP contribution in [0.5, 0.6) is 0 Å². The molecule has 0 saturated carbocycles. The molecule has 0 amide bonds. The summed E-state index contributed by atoms with van der Waals surface area (Å²) in [6.45, 7) is 13.8. The largest absolute Gasteiger partial charge is 0.252 e. The normalized spacial score (nSPS) is 12.2. The summed E-state index contributed by atoms with van der Waals surface area (Å²) in [5, 5.41) is 0. The summed E-state index contributed by atoms with van der Waals surface area (Å²) >= 11 is 0. The molecule has 0 aliphatic heterocycles. The average molecular weight is 839 g/mol. The minimum absolute atomic E-state index is 1.03. The lowest BCUT2D eigenvalue weighted by Crippen LogP contribution is -2.14. The van der Waals surface area contributed by atoms with Crippen molar-refractivity contribution < 1.29 is 0 Å². The van der Waals surface area contributed by atoms with Crippen molar-refractivity contribution in [2.45, 2.75) is 292 Å². The van der Waals surface area contributed by atoms with Crippen LogP contribution in [0.25, 0.3) is 0 Å². The number of rotatable bonds is 42. The Balaban J connectivity index is 1.94. The summed E-state index contributed by atoms with van der Waals surface area (Å²) in [6.07, 6.45) is 52.0. The number of unbranched alkanes of at least 4 members (excludes halogenated alkanes) is 27. The van der Waals surface area contributed by atoms with Gasteiger partial charge in [0.25, 0.3) is 0 Å². The Morgan fingerprint density at radius 2 is 0.525 bits per heavy atom. The highest BCUT2D eigenvalue weighted by Gasteiger charge is 2.13. The number of hydrogen-bond donors (Lipinski definition) is 0. The van der Waals surface area contributed by atoms with E-state index >= 15 is 0 Å². The van der Waals surface area contributed by atoms with Crippen LogP contribution < -0.4 is 0 Å². The summed E-state index contributed by atoms with van der Waals surface area (Å²) in [7, 11) is 0. The van der Waals surface area contributed by atoms with E-state index in [1.165, 1.54) is 246 Å². The molecule has 2 nitrogen and oxygen atoms in total. The van der Waals surface area contributed by atoms with Crippen LogP contribution in [0.2, 0.25) is 0 Å². The molecule has 2 aromatic rings. The number of nitrogens with zero attached hydrogens (tertiary/aromatic N) is 2. The Morgan fingerprint density at radius 3 is 0.787 bits per heavy atom. The molecule has 61 heavy (non-hydrogen) atoms. The van der Waals surface area contributed by atoms with Crippen LogP contribution in [-0.4, -0.2) is 11.4 Å². The predicted octanol–water partition coefficient (Wildman–Crippen LogP) is 20.5. The smallest absolute Gasteiger partial charge is 0.0636 e. The van der Waals surface area contributed by atoms with Crippen molar-refractivity contribution in [3.05, 3.63) is 58.7 Å². The molecule has 0 N–H and O–H groups in total. The molecule has 2 aromatic carbocycles. The molecular weight excluding hydrogens is 737 g/mol. The maximum Gasteiger partial charge on any atom is 0.0636 e. The van der Waals surface area contributed by atoms with Crippen LogP contribution in [0.15, 0.2) is 46.4 Å². The van der Waals surface area contributed by atoms with E-state index in [-0.39, 0.29) is 0 Å². The summed E-state index contributed by atoms with van der Waals surface area (Å²) in [4.78, 5) is 11.1. The minimum atomic E-state index is 1.03. The van der Waals surface area contributed by atoms with E-state index in [9.17, 15) is 0 Å². The SMILES string of the molecule is CCCCCCCCCCCCCCCCCCCCCCCCCC(=Nc1ccc(CCC)c(CCC)c1)C(CCCCCCCC)=Nc1ccc(CCC)c(CCC)c1. The van der Waals surface area contributed by atoms with Gasteiger partial charge in [0.05, 0.1) is 22.8 Å². The Labute approximate surface area is 381 Å². The summed E-state index contributed by atoms with van der Waals surface area (Å²) in [6, 6.07) is 14.2. The molecule has 0 aliphatic rings. The third-order valence-corrected chi connectivity index (χ3v) is 13.1. The maximum atomic E-state index is 5.55. The van der Waals surface area contributed by atoms with Crippen LogP contribution >= 0.6 is 0 Å². The summed E-state index contributed by atoms with van der Waals surface area (Å²) in [5.41, 5.74) is 10.8. The van der Waals surface area contributed by atoms with Gasteiger partial charge in [-0.1, -0.05) is 253 Å². The Bertz CT molecular complexity index is 1370. The van der Waals surface area contributed by atoms with Gasteiger partial charge in [-0.2, -0.15) is 0 Å². The molecule has 0 bridgehead atoms. The molecule has 0 aromatic heterocycles. The van der Waals surface area contributed by atoms with E-state index in [0.717, 1.165) is 49.9 Å². The first-order valence-electron chi connectivity index (χ1n) is 27.5. The van der Waals surface area contributed by atoms with Gasteiger partial charge in [-0.05, 0) is 97.9 Å². The number of aryl methyl sites for hydroxylation is 4. The van der Waals surface area contributed by atoms with Crippen molar-refractivity contribution in [3.8, 4) is 0 Å². The molecular formula is C59H102N2. The summed E-state index contributed by atoms with van der Waals surface area (Å²) < 4.78 is 0. The third kappa shape index (κ3) is 27.6. The Hall–Kier alpha value is -2.22. The zero-order valence-electron chi connectivity index (χ0n) is 41.9. The number of benzene rings is 2. The standard InChI is InChI=1S/C59H102N2/c1-7-13-15-17-19-20-21-22-23-24-25-26-27-28-29-30-31-32-33-34-35-37-39-45-59(61-57-49-47-53(41-10-4)55(51-57)43-12-6)58(44-38-36-18-16-14-8-2)60-56-48-46-52(40-9-3)54(50-56)42-11-5/h46-51H,7-45H2,1-6H3. The van der Waals surface area contributed by atoms with Crippen LogP contribution in [0, 0.1) is 0 Å². The molecule has 0 atom stereocenters. The van der Waals surface area contributed by atoms with Gasteiger partial charge in [-0.15, -0.1) is 0 Å². The van der Waals surface area contributed by atoms with Crippen molar-refractivity contribution in [1.29, 1.82) is 0 Å². The zero-order valence-corrected chi connectivity index (χ0v) is 41.9. The molecule has 0 heterocycles. The van der Waals surface area contributed by atoms with Crippen LogP contribution in [0.1, 0.15) is 289 Å². The highest BCUT2D eigenvalue weighted by molar-refractivity contribution is 6.43. The number of aliphatic imine (C=N–C) groups is 2. The van der Waals surface area contributed by atoms with Gasteiger partial charge in [0, 0.05) is 0 Å². The highest BCUT2D eigenvalue weighted by atomic mass is 14.8. The molecule has 0 saturated heterocycles. The van der Waals surface area contributed by atoms with E-state index in [1.54, 1.807) is 0 Å². The Kier molecular flexibility index (Phi) is 35.4. The monoisotopic (exact) mass is 839 g/mol. The second-order valence-electron chi connectivity index (χ2n) is 19.1. The average Bonchev–Trinajstić information content (AvgIpc) is 3.26. The van der Waals surface area contributed by atoms with E-state index < -0.39 is 0 Å². The molecule has 0 radical (unpaired) electrons. The van der Waals surface area contributed by atoms with Gasteiger partial charge in [0.2, 0.25) is 0 Å². The molecule has 2 heteroatoms. The first-order valence-corrected chi connectivity index (χ1v) is 27.5. The fourth-order valence-electron chi connectivity index (χ4n) is 9.39. The van der Waals surface area contributed by atoms with Crippen molar-refractivity contribution in [2.24, 2.45) is 9.98 Å². The van der Waals surface area contributed by atoms with Crippen LogP contribution in [-0.2, 0) is 25.7 Å². The van der Waals surface area contributed by atoms with Crippen molar-refractivity contribution in [3.63, 3.8) is 0 Å². The lowest BCUT2D eigenvalue weighted by Gasteiger charge is -2.14. The summed E-state index contributed by atoms with van der Waals surface area (Å²) in [5.74, 6) is 0. The first-order chi connectivity index (χ1) is 30.1. The lowest BCUT2D eigenvalue weighted by molar-refractivity contribution is 0.518. The fraction of sp³-hybridized carbons (Fsp3) is 0.763. The quantitative estimate of drug-likeness (QED) is 0.0470. The van der Waals surface area contributed by atoms with Gasteiger partial charge in [-0.3, -0.25) is 9.98 Å². The fourth-order valence-corrected chi connectivity index (χ4v) is 9.39. The third-order valence-electron chi connectivity index (χ3n) is 13.1. The Morgan fingerprint density at radius 1 is 0.279 bits per heavy atom. The molecule has 0 spiro atoms. The van der Waals surface area contributed by atoms with E-state index in [2.05, 4.69) is 77.9 Å². The second kappa shape index (κ2) is 39.4. The van der Waals surface area contributed by atoms with Gasteiger partial charge in [-0.25, -0.2) is 0 Å². The maximum absolute atomic E-state index is 5.55. The van der Waals surface area contributed by atoms with E-state index in [4.69, 9.17) is 9.98 Å². The molecule has 0 aliphatic carbocycles. The van der Waals surface area contributed by atoms with Crippen LogP contribution in [0.3, 0.4) is 0 Å². The van der Waals surface area contributed by atoms with Gasteiger partial charge in [0.1, 0.15) is 0 Å². The lowest BCUT2D eigenvalue weighted by atomic mass is 9.97. The minimum Gasteiger partial charge on any atom is -0.252 e. The highest BCUT2D eigenvalue weighted by Crippen LogP contribution is 2.26. The zero-order chi connectivity index (χ0) is 43.9. The topological polar surface area (TPSA) is 24.7 Å². The van der Waals surface area contributed by atoms with Crippen molar-refractivity contribution in [2.75, 3.05) is 0 Å². The van der Waals surface area contributed by atoms with Gasteiger partial charge in [0.15, 0.2) is 0 Å². The second-order valence-corrected chi connectivity index (χ2v) is 19.1. The molecule has 0 fully saturated rings. The molecule has 348 valence electrons. The molecule has 2 rings (SSSR count). The van der Waals surface area contributed by atoms with Crippen molar-refractivity contribution >= 4 is 22.8 Å². The van der Waals surface area contributed by atoms with E-state index in [1.807, 2.05) is 0 Å².